The molecule has 174 valence electrons. The van der Waals surface area contributed by atoms with Gasteiger partial charge in [-0.3, -0.25) is 13.9 Å². The molecule has 8 heteroatoms. The van der Waals surface area contributed by atoms with Crippen molar-refractivity contribution < 1.29 is 18.0 Å². The number of rotatable bonds is 7. The van der Waals surface area contributed by atoms with Gasteiger partial charge in [0.1, 0.15) is 5.70 Å². The number of allylic oxidation sites excluding steroid dienone is 1. The summed E-state index contributed by atoms with van der Waals surface area (Å²) >= 11 is 0. The maximum Gasteiger partial charge on any atom is 0.265 e. The molecule has 0 radical (unpaired) electrons. The standard InChI is InChI=1S/C26H25N3O4S/c1-28(2)17-18-29-24(25(30)19-11-5-3-6-12-19)23(27-26(31)20-13-7-4-8-14-20)21-15-9-10-16-22(21)34(29,32)33/h3-16H,17-18H2,1-2H3,(H,27,31). The van der Waals surface area contributed by atoms with E-state index < -0.39 is 21.7 Å². The van der Waals surface area contributed by atoms with Gasteiger partial charge in [0.05, 0.1) is 10.6 Å². The van der Waals surface area contributed by atoms with E-state index in [1.807, 2.05) is 19.0 Å². The molecule has 0 atom stereocenters. The number of nitrogens with zero attached hydrogens (tertiary/aromatic N) is 2. The molecule has 0 aliphatic carbocycles. The summed E-state index contributed by atoms with van der Waals surface area (Å²) in [7, 11) is -0.389. The number of Topliss-reactive ketones (excluding diaryl/α,β-unsaturated/α-hetero) is 1. The first kappa shape index (κ1) is 23.4. The summed E-state index contributed by atoms with van der Waals surface area (Å²) in [5.41, 5.74) is 1.11. The van der Waals surface area contributed by atoms with E-state index in [9.17, 15) is 18.0 Å². The average molecular weight is 476 g/mol. The van der Waals surface area contributed by atoms with E-state index in [1.54, 1.807) is 78.9 Å². The first-order valence-electron chi connectivity index (χ1n) is 10.8. The molecule has 4 rings (SSSR count). The van der Waals surface area contributed by atoms with Crippen LogP contribution in [-0.4, -0.2) is 56.5 Å². The molecule has 34 heavy (non-hydrogen) atoms. The second-order valence-electron chi connectivity index (χ2n) is 8.12. The predicted octanol–water partition coefficient (Wildman–Crippen LogP) is 3.23. The van der Waals surface area contributed by atoms with E-state index in [0.717, 1.165) is 4.31 Å². The Balaban J connectivity index is 1.95. The molecule has 1 N–H and O–H groups in total. The largest absolute Gasteiger partial charge is 0.319 e. The van der Waals surface area contributed by atoms with Crippen LogP contribution in [0.15, 0.2) is 95.5 Å². The number of hydrogen-bond donors (Lipinski definition) is 1. The SMILES string of the molecule is CN(C)CCN1C(C(=O)c2ccccc2)=C(NC(=O)c2ccccc2)c2ccccc2S1(=O)=O. The summed E-state index contributed by atoms with van der Waals surface area (Å²) in [6.07, 6.45) is 0. The van der Waals surface area contributed by atoms with Crippen molar-refractivity contribution in [1.82, 2.24) is 14.5 Å². The van der Waals surface area contributed by atoms with E-state index in [0.29, 0.717) is 17.7 Å². The quantitative estimate of drug-likeness (QED) is 0.530. The minimum Gasteiger partial charge on any atom is -0.319 e. The Kier molecular flexibility index (Phi) is 6.63. The fraction of sp³-hybridized carbons (Fsp3) is 0.154. The second kappa shape index (κ2) is 9.62. The highest BCUT2D eigenvalue weighted by atomic mass is 32.2. The second-order valence-corrected chi connectivity index (χ2v) is 9.95. The van der Waals surface area contributed by atoms with Crippen LogP contribution in [0.3, 0.4) is 0 Å². The monoisotopic (exact) mass is 475 g/mol. The Morgan fingerprint density at radius 3 is 2.00 bits per heavy atom. The maximum absolute atomic E-state index is 13.8. The van der Waals surface area contributed by atoms with Crippen molar-refractivity contribution >= 4 is 27.4 Å². The molecule has 0 bridgehead atoms. The summed E-state index contributed by atoms with van der Waals surface area (Å²) in [5, 5.41) is 2.85. The van der Waals surface area contributed by atoms with Gasteiger partial charge in [-0.05, 0) is 32.3 Å². The number of ketones is 1. The third-order valence-corrected chi connectivity index (χ3v) is 7.34. The molecule has 3 aromatic rings. The van der Waals surface area contributed by atoms with Gasteiger partial charge in [-0.2, -0.15) is 0 Å². The number of carbonyl (C=O) groups excluding carboxylic acids is 2. The fourth-order valence-electron chi connectivity index (χ4n) is 3.77. The lowest BCUT2D eigenvalue weighted by Crippen LogP contribution is -2.43. The van der Waals surface area contributed by atoms with Crippen LogP contribution in [-0.2, 0) is 10.0 Å². The zero-order valence-corrected chi connectivity index (χ0v) is 19.7. The number of carbonyl (C=O) groups is 2. The highest BCUT2D eigenvalue weighted by molar-refractivity contribution is 7.89. The molecule has 0 unspecified atom stereocenters. The Labute approximate surface area is 199 Å². The molecule has 1 aliphatic heterocycles. The van der Waals surface area contributed by atoms with E-state index in [-0.39, 0.29) is 28.4 Å². The lowest BCUT2D eigenvalue weighted by atomic mass is 10.0. The molecule has 0 aromatic heterocycles. The lowest BCUT2D eigenvalue weighted by molar-refractivity contribution is 0.0972. The van der Waals surface area contributed by atoms with Crippen molar-refractivity contribution in [3.05, 3.63) is 107 Å². The van der Waals surface area contributed by atoms with Crippen LogP contribution in [0.2, 0.25) is 0 Å². The van der Waals surface area contributed by atoms with Crippen LogP contribution in [0.25, 0.3) is 5.70 Å². The molecule has 1 aliphatic rings. The van der Waals surface area contributed by atoms with Gasteiger partial charge in [-0.25, -0.2) is 8.42 Å². The topological polar surface area (TPSA) is 86.8 Å². The summed E-state index contributed by atoms with van der Waals surface area (Å²) in [5.74, 6) is -0.920. The smallest absolute Gasteiger partial charge is 0.265 e. The van der Waals surface area contributed by atoms with Crippen molar-refractivity contribution in [1.29, 1.82) is 0 Å². The van der Waals surface area contributed by atoms with E-state index in [1.165, 1.54) is 6.07 Å². The maximum atomic E-state index is 13.8. The molecule has 0 spiro atoms. The molecule has 1 heterocycles. The van der Waals surface area contributed by atoms with E-state index >= 15 is 0 Å². The van der Waals surface area contributed by atoms with Gasteiger partial charge in [0.15, 0.2) is 0 Å². The van der Waals surface area contributed by atoms with Crippen LogP contribution in [0.1, 0.15) is 26.3 Å². The third-order valence-electron chi connectivity index (χ3n) is 5.49. The van der Waals surface area contributed by atoms with Crippen molar-refractivity contribution in [2.24, 2.45) is 0 Å². The van der Waals surface area contributed by atoms with Crippen molar-refractivity contribution in [3.63, 3.8) is 0 Å². The summed E-state index contributed by atoms with van der Waals surface area (Å²) in [4.78, 5) is 28.8. The van der Waals surface area contributed by atoms with Crippen molar-refractivity contribution in [2.45, 2.75) is 4.90 Å². The number of fused-ring (bicyclic) bond motifs is 1. The van der Waals surface area contributed by atoms with Gasteiger partial charge >= 0.3 is 0 Å². The van der Waals surface area contributed by atoms with Crippen LogP contribution < -0.4 is 5.32 Å². The van der Waals surface area contributed by atoms with Crippen LogP contribution in [0.4, 0.5) is 0 Å². The van der Waals surface area contributed by atoms with Crippen molar-refractivity contribution in [2.75, 3.05) is 27.2 Å². The van der Waals surface area contributed by atoms with Gasteiger partial charge in [0.2, 0.25) is 5.78 Å². The average Bonchev–Trinajstić information content (AvgIpc) is 2.85. The van der Waals surface area contributed by atoms with Gasteiger partial charge in [0, 0.05) is 29.8 Å². The highest BCUT2D eigenvalue weighted by Gasteiger charge is 2.40. The molecule has 0 saturated heterocycles. The molecule has 7 nitrogen and oxygen atoms in total. The molecule has 1 amide bonds. The molecule has 0 saturated carbocycles. The Bertz CT molecular complexity index is 1350. The Morgan fingerprint density at radius 2 is 1.38 bits per heavy atom. The van der Waals surface area contributed by atoms with Crippen LogP contribution >= 0.6 is 0 Å². The Hall–Kier alpha value is -3.75. The minimum atomic E-state index is -4.04. The lowest BCUT2D eigenvalue weighted by Gasteiger charge is -2.34. The number of amides is 1. The first-order valence-corrected chi connectivity index (χ1v) is 12.2. The number of likely N-dealkylation sites (N-methyl/N-ethyl adjacent to an activating group) is 1. The summed E-state index contributed by atoms with van der Waals surface area (Å²) < 4.78 is 28.5. The normalized spacial score (nSPS) is 14.6. The molecule has 0 fully saturated rings. The third kappa shape index (κ3) is 4.50. The summed E-state index contributed by atoms with van der Waals surface area (Å²) in [6, 6.07) is 23.5. The molecular formula is C26H25N3O4S. The molecule has 3 aromatic carbocycles. The van der Waals surface area contributed by atoms with Crippen molar-refractivity contribution in [3.8, 4) is 0 Å². The van der Waals surface area contributed by atoms with Gasteiger partial charge in [-0.15, -0.1) is 0 Å². The Morgan fingerprint density at radius 1 is 0.824 bits per heavy atom. The predicted molar refractivity (Wildman–Crippen MR) is 130 cm³/mol. The number of sulfonamides is 1. The zero-order valence-electron chi connectivity index (χ0n) is 18.9. The van der Waals surface area contributed by atoms with E-state index in [2.05, 4.69) is 5.32 Å². The van der Waals surface area contributed by atoms with Gasteiger partial charge in [-0.1, -0.05) is 66.7 Å². The fourth-order valence-corrected chi connectivity index (χ4v) is 5.44. The highest BCUT2D eigenvalue weighted by Crippen LogP contribution is 2.37. The van der Waals surface area contributed by atoms with Gasteiger partial charge < -0.3 is 10.2 Å². The molecular weight excluding hydrogens is 450 g/mol. The van der Waals surface area contributed by atoms with E-state index in [4.69, 9.17) is 0 Å². The van der Waals surface area contributed by atoms with Crippen LogP contribution in [0, 0.1) is 0 Å². The number of nitrogens with one attached hydrogen (secondary N) is 1. The minimum absolute atomic E-state index is 0.0433. The summed E-state index contributed by atoms with van der Waals surface area (Å²) in [6.45, 7) is 0.426. The zero-order chi connectivity index (χ0) is 24.3. The number of benzene rings is 3. The number of hydrogen-bond acceptors (Lipinski definition) is 5. The van der Waals surface area contributed by atoms with Crippen LogP contribution in [0.5, 0.6) is 0 Å². The van der Waals surface area contributed by atoms with Gasteiger partial charge in [0.25, 0.3) is 15.9 Å². The first-order chi connectivity index (χ1) is 16.3.